The Morgan fingerprint density at radius 1 is 0.367 bits per heavy atom. The van der Waals surface area contributed by atoms with Gasteiger partial charge in [0, 0.05) is 165 Å². The van der Waals surface area contributed by atoms with Crippen LogP contribution in [0.5, 0.6) is 0 Å². The smallest absolute Gasteiger partial charge is 0.303 e. The topological polar surface area (TPSA) is 348 Å². The Bertz CT molecular complexity index is 6460. The number of hydrogen-bond donors (Lipinski definition) is 6. The molecule has 33 heteroatoms. The lowest BCUT2D eigenvalue weighted by molar-refractivity contribution is 0.101. The highest BCUT2D eigenvalue weighted by molar-refractivity contribution is 7.91. The third-order valence-electron chi connectivity index (χ3n) is 20.2. The van der Waals surface area contributed by atoms with Crippen molar-refractivity contribution in [3.05, 3.63) is 312 Å². The highest BCUT2D eigenvalue weighted by Gasteiger charge is 2.37. The molecule has 0 atom stereocenters. The van der Waals surface area contributed by atoms with E-state index in [1.807, 2.05) is 141 Å². The number of aryl methyl sites for hydroxylation is 4. The van der Waals surface area contributed by atoms with E-state index in [0.29, 0.717) is 137 Å². The summed E-state index contributed by atoms with van der Waals surface area (Å²) in [5.41, 5.74) is 12.6. The Labute approximate surface area is 696 Å². The molecule has 5 amide bonds. The van der Waals surface area contributed by atoms with Crippen LogP contribution in [0.15, 0.2) is 272 Å². The van der Waals surface area contributed by atoms with Crippen molar-refractivity contribution in [2.75, 3.05) is 117 Å². The molecule has 4 aliphatic rings. The summed E-state index contributed by atoms with van der Waals surface area (Å²) >= 11 is 0. The van der Waals surface area contributed by atoms with Crippen LogP contribution in [-0.4, -0.2) is 159 Å². The number of nitrogens with zero attached hydrogens (tertiary/aromatic N) is 9. The monoisotopic (exact) mass is 1690 g/mol. The van der Waals surface area contributed by atoms with Crippen LogP contribution in [0.25, 0.3) is 32.8 Å². The van der Waals surface area contributed by atoms with Gasteiger partial charge in [0.1, 0.15) is 5.58 Å². The van der Waals surface area contributed by atoms with Crippen molar-refractivity contribution >= 4 is 154 Å². The first-order chi connectivity index (χ1) is 57.4. The molecule has 6 N–H and O–H groups in total. The van der Waals surface area contributed by atoms with E-state index in [2.05, 4.69) is 36.3 Å². The number of hydrogen-bond acceptors (Lipinski definition) is 15. The number of carbonyl (C=O) groups is 5. The molecule has 120 heavy (non-hydrogen) atoms. The summed E-state index contributed by atoms with van der Waals surface area (Å²) in [5, 5.41) is 17.3. The summed E-state index contributed by atoms with van der Waals surface area (Å²) in [6.07, 6.45) is 5.29. The molecule has 29 nitrogen and oxygen atoms in total. The Morgan fingerprint density at radius 3 is 1.32 bits per heavy atom. The number of nitrogens with one attached hydrogen (secondary N) is 6. The molecule has 4 aliphatic heterocycles. The highest BCUT2D eigenvalue weighted by atomic mass is 32.2. The number of carbonyl (C=O) groups excluding carboxylic acids is 5. The first kappa shape index (κ1) is 84.8. The first-order valence-corrected chi connectivity index (χ1v) is 43.6. The normalized spacial score (nSPS) is 15.7. The second-order valence-electron chi connectivity index (χ2n) is 28.4. The van der Waals surface area contributed by atoms with Gasteiger partial charge in [-0.25, -0.2) is 0 Å². The zero-order valence-electron chi connectivity index (χ0n) is 66.4. The number of amides is 5. The van der Waals surface area contributed by atoms with Crippen molar-refractivity contribution in [1.82, 2.24) is 27.2 Å². The van der Waals surface area contributed by atoms with Gasteiger partial charge in [0.05, 0.1) is 34.5 Å². The fourth-order valence-electron chi connectivity index (χ4n) is 13.4. The van der Waals surface area contributed by atoms with Crippen molar-refractivity contribution in [2.24, 2.45) is 7.05 Å². The summed E-state index contributed by atoms with van der Waals surface area (Å²) in [4.78, 5) is 67.3. The number of pyridine rings is 1. The van der Waals surface area contributed by atoms with Gasteiger partial charge in [-0.1, -0.05) is 72.8 Å². The van der Waals surface area contributed by atoms with Crippen LogP contribution in [0.1, 0.15) is 68.5 Å². The fraction of sp³-hybridized carbons (Fsp3) is 0.172. The third-order valence-corrected chi connectivity index (χ3v) is 27.5. The maximum absolute atomic E-state index is 12.9. The molecule has 4 saturated heterocycles. The third kappa shape index (κ3) is 19.5. The molecule has 4 fully saturated rings. The number of aromatic nitrogens is 2. The van der Waals surface area contributed by atoms with Gasteiger partial charge in [-0.15, -0.1) is 0 Å². The van der Waals surface area contributed by atoms with E-state index < -0.39 is 40.8 Å². The highest BCUT2D eigenvalue weighted by Crippen LogP contribution is 2.32. The molecule has 10 aromatic carbocycles. The maximum atomic E-state index is 12.9. The number of fused-ring (bicyclic) bond motifs is 3. The Hall–Kier alpha value is -13.1. The van der Waals surface area contributed by atoms with Crippen LogP contribution in [0.2, 0.25) is 0 Å². The Morgan fingerprint density at radius 2 is 0.808 bits per heavy atom. The number of likely N-dealkylation sites (N-methyl/N-ethyl adjacent to an activating group) is 3. The summed E-state index contributed by atoms with van der Waals surface area (Å²) < 4.78 is 117. The van der Waals surface area contributed by atoms with Crippen molar-refractivity contribution in [3.8, 4) is 0 Å². The predicted octanol–water partition coefficient (Wildman–Crippen LogP) is 13.1. The van der Waals surface area contributed by atoms with Crippen molar-refractivity contribution < 1.29 is 62.1 Å². The molecule has 0 aliphatic carbocycles. The molecule has 0 saturated carbocycles. The number of benzene rings is 10. The lowest BCUT2D eigenvalue weighted by atomic mass is 10.1. The second kappa shape index (κ2) is 36.4. The van der Waals surface area contributed by atoms with Gasteiger partial charge in [-0.2, -0.15) is 51.3 Å². The summed E-state index contributed by atoms with van der Waals surface area (Å²) in [6, 6.07) is 73.6. The van der Waals surface area contributed by atoms with Crippen LogP contribution in [0.3, 0.4) is 0 Å². The number of anilines is 9. The van der Waals surface area contributed by atoms with E-state index in [1.54, 1.807) is 180 Å². The van der Waals surface area contributed by atoms with Crippen LogP contribution in [0, 0.1) is 20.8 Å². The predicted molar refractivity (Wildman–Crippen MR) is 471 cm³/mol. The molecule has 7 heterocycles. The van der Waals surface area contributed by atoms with E-state index in [0.717, 1.165) is 43.9 Å². The van der Waals surface area contributed by atoms with Crippen molar-refractivity contribution in [1.29, 1.82) is 0 Å². The van der Waals surface area contributed by atoms with Gasteiger partial charge < -0.3 is 35.6 Å². The molecule has 618 valence electrons. The molecule has 3 aromatic heterocycles. The van der Waals surface area contributed by atoms with Crippen LogP contribution >= 0.6 is 0 Å². The van der Waals surface area contributed by atoms with E-state index >= 15 is 0 Å². The second-order valence-corrected chi connectivity index (χ2v) is 35.9. The van der Waals surface area contributed by atoms with Crippen LogP contribution in [0.4, 0.5) is 51.2 Å². The van der Waals surface area contributed by atoms with Gasteiger partial charge in [0.25, 0.3) is 29.5 Å². The lowest BCUT2D eigenvalue weighted by Crippen LogP contribution is -2.30. The summed E-state index contributed by atoms with van der Waals surface area (Å²) in [7, 11) is -7.30. The minimum atomic E-state index is -3.53. The van der Waals surface area contributed by atoms with Gasteiger partial charge in [0.2, 0.25) is 0 Å². The summed E-state index contributed by atoms with van der Waals surface area (Å²) in [6.45, 7) is 8.67. The quantitative estimate of drug-likeness (QED) is 0.0589. The molecule has 13 aromatic rings. The van der Waals surface area contributed by atoms with E-state index in [-0.39, 0.29) is 29.5 Å². The average Bonchev–Trinajstić information content (AvgIpc) is 1.59. The van der Waals surface area contributed by atoms with Crippen molar-refractivity contribution in [3.63, 3.8) is 0 Å². The summed E-state index contributed by atoms with van der Waals surface area (Å²) in [5.74, 6) is -1.31. The zero-order valence-corrected chi connectivity index (χ0v) is 69.7. The Balaban J connectivity index is 0.000000135. The van der Waals surface area contributed by atoms with Crippen LogP contribution < -0.4 is 48.5 Å². The maximum Gasteiger partial charge on any atom is 0.303 e. The molecular formula is C87H87N15O14S4. The van der Waals surface area contributed by atoms with Crippen LogP contribution in [-0.2, 0) is 47.9 Å². The molecule has 0 unspecified atom stereocenters. The number of furan rings is 1. The molecule has 0 bridgehead atoms. The minimum Gasteiger partial charge on any atom is -0.464 e. The number of rotatable bonds is 14. The first-order valence-electron chi connectivity index (χ1n) is 37.9. The molecule has 0 radical (unpaired) electrons. The van der Waals surface area contributed by atoms with Gasteiger partial charge in [-0.3, -0.25) is 46.2 Å². The average molecular weight is 1700 g/mol. The van der Waals surface area contributed by atoms with Crippen molar-refractivity contribution in [2.45, 2.75) is 20.8 Å². The lowest BCUT2D eigenvalue weighted by Gasteiger charge is -2.19. The van der Waals surface area contributed by atoms with E-state index in [1.165, 1.54) is 30.1 Å². The standard InChI is InChI=1S/C24H24N4O4S.C20H22N4O3S.C19H18N4O3S.C18H17N3O4S.C6H6/c1-16-8-9-19(15-22(16)27-23(29)18-6-4-3-5-7-18)26-24(30)21-11-10-20(14-17(21)2)28-13-12-25-33(28,31)32;1-14-12-17(24-11-10-23(3)28(24,26)27)6-7-18(14)20(25)21-16-5-4-15-8-9-22(2)19(15)13-16;1-22-11-12-23(27(22,25)26)17-7-4-14(5-8-17)19(24)21-16-6-9-18-15(13-16)3-2-10-20-18;1-20-9-10-21(26(20,23)24)16-5-2-13(3-6-16)18(22)19-15-4-7-17-14(12-15)8-11-25-17;1-2-4-6-5-3-1/h3-11,14-15,25H,12-13H2,1-2H3,(H,26,30)(H,27,29);4-9,12-13H,10-11H2,1-3H3,(H,21,25);2-10,13H,11-12H2,1H3,(H,21,24);2-8,11-12H,9-10H2,1H3,(H,19,22);1-6H. The Kier molecular flexibility index (Phi) is 25.7. The van der Waals surface area contributed by atoms with E-state index in [9.17, 15) is 57.6 Å². The molecule has 17 rings (SSSR count). The van der Waals surface area contributed by atoms with Gasteiger partial charge in [-0.05, 0) is 219 Å². The fourth-order valence-corrected chi connectivity index (χ4v) is 18.7. The zero-order chi connectivity index (χ0) is 85.2. The van der Waals surface area contributed by atoms with Gasteiger partial charge in [0.15, 0.2) is 0 Å². The SMILES string of the molecule is CN1CCN(c2ccc(C(=O)Nc3ccc4ncccc4c3)cc2)S1(=O)=O.CN1CCN(c2ccc(C(=O)Nc3ccc4occc4c3)cc2)S1(=O)=O.Cc1cc(N2CCN(C)S2(=O)=O)ccc1C(=O)Nc1ccc2ccn(C)c2c1.Cc1ccc(NC(=O)c2ccc(N3CCNS3(=O)=O)cc2C)cc1NC(=O)c1ccccc1.c1ccccc1. The molecular weight excluding hydrogens is 1610 g/mol. The molecule has 0 spiro atoms. The minimum absolute atomic E-state index is 0.223. The van der Waals surface area contributed by atoms with E-state index in [4.69, 9.17) is 4.42 Å². The van der Waals surface area contributed by atoms with Gasteiger partial charge >= 0.3 is 40.8 Å². The largest absolute Gasteiger partial charge is 0.464 e.